The van der Waals surface area contributed by atoms with Gasteiger partial charge in [0.1, 0.15) is 0 Å². The van der Waals surface area contributed by atoms with Gasteiger partial charge in [-0.15, -0.1) is 0 Å². The van der Waals surface area contributed by atoms with E-state index in [-0.39, 0.29) is 11.5 Å². The number of halogens is 4. The lowest BCUT2D eigenvalue weighted by atomic mass is 10.1. The fourth-order valence-electron chi connectivity index (χ4n) is 2.49. The maximum absolute atomic E-state index is 12.8. The van der Waals surface area contributed by atoms with Crippen molar-refractivity contribution in [1.82, 2.24) is 4.90 Å². The largest absolute Gasteiger partial charge is 0.416 e. The molecule has 6 heteroatoms. The Morgan fingerprint density at radius 3 is 2.19 bits per heavy atom. The summed E-state index contributed by atoms with van der Waals surface area (Å²) in [5.74, 6) is -0.324. The molecule has 1 aliphatic rings. The quantitative estimate of drug-likeness (QED) is 0.696. The van der Waals surface area contributed by atoms with Gasteiger partial charge in [-0.05, 0) is 47.0 Å². The molecule has 0 aliphatic carbocycles. The molecule has 1 saturated heterocycles. The van der Waals surface area contributed by atoms with Crippen LogP contribution in [0.3, 0.4) is 0 Å². The van der Waals surface area contributed by atoms with Crippen LogP contribution in [0, 0.1) is 0 Å². The minimum atomic E-state index is -4.44. The molecule has 1 amide bonds. The smallest absolute Gasteiger partial charge is 0.339 e. The van der Waals surface area contributed by atoms with E-state index < -0.39 is 11.7 Å². The first-order chi connectivity index (χ1) is 9.89. The SMILES string of the molecule is O=C(c1cc(C(F)(F)F)ccc1Br)N1CCCCCCC1. The van der Waals surface area contributed by atoms with Crippen molar-refractivity contribution in [1.29, 1.82) is 0 Å². The molecule has 0 N–H and O–H groups in total. The summed E-state index contributed by atoms with van der Waals surface area (Å²) >= 11 is 3.18. The molecule has 0 spiro atoms. The lowest BCUT2D eigenvalue weighted by molar-refractivity contribution is -0.137. The normalized spacial score (nSPS) is 17.2. The van der Waals surface area contributed by atoms with E-state index in [0.717, 1.165) is 44.2 Å². The number of hydrogen-bond donors (Lipinski definition) is 0. The van der Waals surface area contributed by atoms with Gasteiger partial charge in [0.15, 0.2) is 0 Å². The Balaban J connectivity index is 2.24. The monoisotopic (exact) mass is 363 g/mol. The number of benzene rings is 1. The molecule has 21 heavy (non-hydrogen) atoms. The Hall–Kier alpha value is -1.04. The summed E-state index contributed by atoms with van der Waals surface area (Å²) in [6.45, 7) is 1.23. The first-order valence-electron chi connectivity index (χ1n) is 7.05. The number of nitrogens with zero attached hydrogens (tertiary/aromatic N) is 1. The van der Waals surface area contributed by atoms with Crippen LogP contribution in [0.25, 0.3) is 0 Å². The summed E-state index contributed by atoms with van der Waals surface area (Å²) in [4.78, 5) is 14.2. The first kappa shape index (κ1) is 16.3. The molecular weight excluding hydrogens is 347 g/mol. The molecular formula is C15H17BrF3NO. The van der Waals surface area contributed by atoms with Crippen LogP contribution in [0.5, 0.6) is 0 Å². The molecule has 0 atom stereocenters. The highest BCUT2D eigenvalue weighted by atomic mass is 79.9. The van der Waals surface area contributed by atoms with Crippen molar-refractivity contribution in [2.24, 2.45) is 0 Å². The summed E-state index contributed by atoms with van der Waals surface area (Å²) in [6, 6.07) is 3.21. The highest BCUT2D eigenvalue weighted by Gasteiger charge is 2.32. The van der Waals surface area contributed by atoms with E-state index in [4.69, 9.17) is 0 Å². The van der Waals surface area contributed by atoms with Crippen LogP contribution in [0.15, 0.2) is 22.7 Å². The summed E-state index contributed by atoms with van der Waals surface area (Å²) in [7, 11) is 0. The lowest BCUT2D eigenvalue weighted by Crippen LogP contribution is -2.34. The zero-order valence-electron chi connectivity index (χ0n) is 11.5. The fourth-order valence-corrected chi connectivity index (χ4v) is 2.90. The molecule has 1 heterocycles. The van der Waals surface area contributed by atoms with Crippen molar-refractivity contribution >= 4 is 21.8 Å². The van der Waals surface area contributed by atoms with Gasteiger partial charge >= 0.3 is 6.18 Å². The molecule has 0 aromatic heterocycles. The van der Waals surface area contributed by atoms with Crippen molar-refractivity contribution in [2.45, 2.75) is 38.3 Å². The number of amides is 1. The Morgan fingerprint density at radius 1 is 1.05 bits per heavy atom. The van der Waals surface area contributed by atoms with Crippen LogP contribution in [0.2, 0.25) is 0 Å². The number of carbonyl (C=O) groups is 1. The predicted octanol–water partition coefficient (Wildman–Crippen LogP) is 4.87. The van der Waals surface area contributed by atoms with Crippen LogP contribution >= 0.6 is 15.9 Å². The first-order valence-corrected chi connectivity index (χ1v) is 7.85. The van der Waals surface area contributed by atoms with Gasteiger partial charge in [-0.25, -0.2) is 0 Å². The molecule has 0 radical (unpaired) electrons. The molecule has 0 bridgehead atoms. The van der Waals surface area contributed by atoms with Crippen molar-refractivity contribution in [3.63, 3.8) is 0 Å². The van der Waals surface area contributed by atoms with Crippen LogP contribution in [-0.2, 0) is 6.18 Å². The molecule has 116 valence electrons. The number of alkyl halides is 3. The number of carbonyl (C=O) groups excluding carboxylic acids is 1. The molecule has 2 nitrogen and oxygen atoms in total. The van der Waals surface area contributed by atoms with E-state index in [1.807, 2.05) is 0 Å². The van der Waals surface area contributed by atoms with Gasteiger partial charge in [0.25, 0.3) is 5.91 Å². The second kappa shape index (κ2) is 6.81. The molecule has 1 fully saturated rings. The second-order valence-corrected chi connectivity index (χ2v) is 6.11. The molecule has 2 rings (SSSR count). The summed E-state index contributed by atoms with van der Waals surface area (Å²) < 4.78 is 38.8. The average Bonchev–Trinajstić information content (AvgIpc) is 2.36. The summed E-state index contributed by atoms with van der Waals surface area (Å²) in [5, 5.41) is 0. The van der Waals surface area contributed by atoms with Gasteiger partial charge in [-0.1, -0.05) is 19.3 Å². The highest BCUT2D eigenvalue weighted by Crippen LogP contribution is 2.32. The molecule has 1 aromatic rings. The van der Waals surface area contributed by atoms with Gasteiger partial charge in [0, 0.05) is 17.6 Å². The molecule has 1 aromatic carbocycles. The third-order valence-electron chi connectivity index (χ3n) is 3.67. The average molecular weight is 364 g/mol. The second-order valence-electron chi connectivity index (χ2n) is 5.25. The fraction of sp³-hybridized carbons (Fsp3) is 0.533. The predicted molar refractivity (Wildman–Crippen MR) is 78.1 cm³/mol. The minimum Gasteiger partial charge on any atom is -0.339 e. The van der Waals surface area contributed by atoms with E-state index in [2.05, 4.69) is 15.9 Å². The number of likely N-dealkylation sites (tertiary alicyclic amines) is 1. The highest BCUT2D eigenvalue weighted by molar-refractivity contribution is 9.10. The van der Waals surface area contributed by atoms with E-state index in [1.54, 1.807) is 4.90 Å². The molecule has 1 aliphatic heterocycles. The van der Waals surface area contributed by atoms with E-state index in [1.165, 1.54) is 6.07 Å². The Morgan fingerprint density at radius 2 is 1.62 bits per heavy atom. The molecule has 0 saturated carbocycles. The number of hydrogen-bond acceptors (Lipinski definition) is 1. The van der Waals surface area contributed by atoms with Gasteiger partial charge in [-0.2, -0.15) is 13.2 Å². The van der Waals surface area contributed by atoms with E-state index in [9.17, 15) is 18.0 Å². The van der Waals surface area contributed by atoms with Crippen LogP contribution in [-0.4, -0.2) is 23.9 Å². The maximum Gasteiger partial charge on any atom is 0.416 e. The summed E-state index contributed by atoms with van der Waals surface area (Å²) in [5.41, 5.74) is -0.702. The Labute approximate surface area is 130 Å². The Kier molecular flexibility index (Phi) is 5.30. The van der Waals surface area contributed by atoms with Crippen molar-refractivity contribution in [3.8, 4) is 0 Å². The molecule has 0 unspecified atom stereocenters. The number of rotatable bonds is 1. The van der Waals surface area contributed by atoms with Crippen molar-refractivity contribution < 1.29 is 18.0 Å². The van der Waals surface area contributed by atoms with Crippen LogP contribution < -0.4 is 0 Å². The topological polar surface area (TPSA) is 20.3 Å². The van der Waals surface area contributed by atoms with Crippen molar-refractivity contribution in [2.75, 3.05) is 13.1 Å². The van der Waals surface area contributed by atoms with E-state index >= 15 is 0 Å². The third-order valence-corrected chi connectivity index (χ3v) is 4.36. The zero-order chi connectivity index (χ0) is 15.5. The van der Waals surface area contributed by atoms with Gasteiger partial charge in [0.2, 0.25) is 0 Å². The van der Waals surface area contributed by atoms with Gasteiger partial charge < -0.3 is 4.90 Å². The zero-order valence-corrected chi connectivity index (χ0v) is 13.1. The van der Waals surface area contributed by atoms with Gasteiger partial charge in [-0.3, -0.25) is 4.79 Å². The standard InChI is InChI=1S/C15H17BrF3NO/c16-13-7-6-11(15(17,18)19)10-12(13)14(21)20-8-4-2-1-3-5-9-20/h6-7,10H,1-5,8-9H2. The summed E-state index contributed by atoms with van der Waals surface area (Å²) in [6.07, 6.45) is 0.660. The minimum absolute atomic E-state index is 0.0883. The Bertz CT molecular complexity index is 508. The van der Waals surface area contributed by atoms with Crippen LogP contribution in [0.4, 0.5) is 13.2 Å². The maximum atomic E-state index is 12.8. The van der Waals surface area contributed by atoms with Crippen LogP contribution in [0.1, 0.15) is 48.0 Å². The third kappa shape index (κ3) is 4.22. The lowest BCUT2D eigenvalue weighted by Gasteiger charge is -2.25. The van der Waals surface area contributed by atoms with Gasteiger partial charge in [0.05, 0.1) is 11.1 Å². The van der Waals surface area contributed by atoms with Crippen molar-refractivity contribution in [3.05, 3.63) is 33.8 Å². The van der Waals surface area contributed by atoms with E-state index in [0.29, 0.717) is 17.6 Å².